The van der Waals surface area contributed by atoms with E-state index in [9.17, 15) is 10.1 Å². The SMILES string of the molecule is COCCOCCC1(CCOCCOC)c2cc(I)ccc2-c2ccc([N+](=O)[O-])cc21. The Balaban J connectivity index is 2.00. The van der Waals surface area contributed by atoms with Crippen molar-refractivity contribution in [2.45, 2.75) is 18.3 Å². The Bertz CT molecular complexity index is 890. The summed E-state index contributed by atoms with van der Waals surface area (Å²) in [5, 5.41) is 11.5. The van der Waals surface area contributed by atoms with E-state index in [1.165, 1.54) is 5.56 Å². The Kier molecular flexibility index (Phi) is 8.79. The number of nitrogens with zero attached hydrogens (tertiary/aromatic N) is 1. The standard InChI is InChI=1S/C23H28INO6/c1-28-11-13-30-9-7-23(8-10-31-14-12-29-2)21-15-17(24)3-5-19(21)20-6-4-18(25(26)27)16-22(20)23/h3-6,15-16H,7-14H2,1-2H3. The molecule has 0 amide bonds. The molecule has 2 aromatic carbocycles. The van der Waals surface area contributed by atoms with Gasteiger partial charge in [-0.15, -0.1) is 0 Å². The number of halogens is 1. The molecule has 0 N–H and O–H groups in total. The van der Waals surface area contributed by atoms with E-state index in [4.69, 9.17) is 18.9 Å². The summed E-state index contributed by atoms with van der Waals surface area (Å²) in [6.45, 7) is 3.13. The lowest BCUT2D eigenvalue weighted by Crippen LogP contribution is -2.30. The number of hydrogen-bond donors (Lipinski definition) is 0. The highest BCUT2D eigenvalue weighted by atomic mass is 127. The summed E-state index contributed by atoms with van der Waals surface area (Å²) in [7, 11) is 3.29. The number of ether oxygens (including phenoxy) is 4. The molecule has 0 fully saturated rings. The predicted molar refractivity (Wildman–Crippen MR) is 127 cm³/mol. The van der Waals surface area contributed by atoms with Gasteiger partial charge in [0.05, 0.1) is 31.4 Å². The molecule has 1 aliphatic carbocycles. The van der Waals surface area contributed by atoms with Crippen LogP contribution in [0.15, 0.2) is 36.4 Å². The van der Waals surface area contributed by atoms with Crippen LogP contribution in [0.25, 0.3) is 11.1 Å². The molecule has 8 heteroatoms. The fourth-order valence-corrected chi connectivity index (χ4v) is 4.71. The van der Waals surface area contributed by atoms with E-state index in [0.29, 0.717) is 52.5 Å². The first-order valence-corrected chi connectivity index (χ1v) is 11.3. The molecular weight excluding hydrogens is 513 g/mol. The third-order valence-corrected chi connectivity index (χ3v) is 6.40. The smallest absolute Gasteiger partial charge is 0.269 e. The molecule has 31 heavy (non-hydrogen) atoms. The molecule has 2 aromatic rings. The van der Waals surface area contributed by atoms with E-state index in [1.807, 2.05) is 6.07 Å². The molecule has 0 radical (unpaired) electrons. The first-order chi connectivity index (χ1) is 15.0. The van der Waals surface area contributed by atoms with Gasteiger partial charge in [0.2, 0.25) is 0 Å². The monoisotopic (exact) mass is 541 g/mol. The first kappa shape index (κ1) is 24.1. The highest BCUT2D eigenvalue weighted by Gasteiger charge is 2.43. The number of fused-ring (bicyclic) bond motifs is 3. The van der Waals surface area contributed by atoms with Gasteiger partial charge in [0.1, 0.15) is 0 Å². The average molecular weight is 541 g/mol. The van der Waals surface area contributed by atoms with Gasteiger partial charge in [0, 0.05) is 48.6 Å². The van der Waals surface area contributed by atoms with Gasteiger partial charge in [-0.2, -0.15) is 0 Å². The van der Waals surface area contributed by atoms with Gasteiger partial charge < -0.3 is 18.9 Å². The van der Waals surface area contributed by atoms with Gasteiger partial charge in [-0.05, 0) is 75.9 Å². The number of nitro groups is 1. The number of rotatable bonds is 13. The van der Waals surface area contributed by atoms with Crippen molar-refractivity contribution in [3.63, 3.8) is 0 Å². The van der Waals surface area contributed by atoms with Crippen molar-refractivity contribution < 1.29 is 23.9 Å². The van der Waals surface area contributed by atoms with Crippen LogP contribution in [0.3, 0.4) is 0 Å². The van der Waals surface area contributed by atoms with E-state index in [1.54, 1.807) is 26.4 Å². The molecule has 3 rings (SSSR count). The van der Waals surface area contributed by atoms with E-state index >= 15 is 0 Å². The van der Waals surface area contributed by atoms with Crippen LogP contribution in [-0.2, 0) is 24.4 Å². The zero-order valence-corrected chi connectivity index (χ0v) is 20.1. The minimum Gasteiger partial charge on any atom is -0.382 e. The van der Waals surface area contributed by atoms with Crippen LogP contribution in [0, 0.1) is 13.7 Å². The van der Waals surface area contributed by atoms with Crippen LogP contribution < -0.4 is 0 Å². The lowest BCUT2D eigenvalue weighted by atomic mass is 9.73. The highest BCUT2D eigenvalue weighted by Crippen LogP contribution is 2.53. The summed E-state index contributed by atoms with van der Waals surface area (Å²) >= 11 is 2.31. The van der Waals surface area contributed by atoms with Crippen LogP contribution in [0.2, 0.25) is 0 Å². The molecule has 0 saturated carbocycles. The molecule has 0 atom stereocenters. The van der Waals surface area contributed by atoms with Crippen LogP contribution >= 0.6 is 22.6 Å². The summed E-state index contributed by atoms with van der Waals surface area (Å²) < 4.78 is 22.9. The minimum absolute atomic E-state index is 0.103. The second-order valence-corrected chi connectivity index (χ2v) is 8.71. The predicted octanol–water partition coefficient (Wildman–Crippen LogP) is 4.57. The second kappa shape index (κ2) is 11.3. The molecule has 0 heterocycles. The maximum absolute atomic E-state index is 11.5. The number of non-ortho nitro benzene ring substituents is 1. The Hall–Kier alpha value is -1.59. The molecular formula is C23H28INO6. The van der Waals surface area contributed by atoms with Crippen molar-refractivity contribution in [1.29, 1.82) is 0 Å². The Morgan fingerprint density at radius 2 is 1.39 bits per heavy atom. The average Bonchev–Trinajstić information content (AvgIpc) is 3.02. The molecule has 1 aliphatic rings. The maximum atomic E-state index is 11.5. The van der Waals surface area contributed by atoms with Gasteiger partial charge in [0.25, 0.3) is 5.69 Å². The Labute approximate surface area is 196 Å². The van der Waals surface area contributed by atoms with Crippen LogP contribution in [0.5, 0.6) is 0 Å². The van der Waals surface area contributed by atoms with Crippen molar-refractivity contribution in [3.8, 4) is 11.1 Å². The van der Waals surface area contributed by atoms with Gasteiger partial charge in [-0.3, -0.25) is 10.1 Å². The number of hydrogen-bond acceptors (Lipinski definition) is 6. The number of benzene rings is 2. The fourth-order valence-electron chi connectivity index (χ4n) is 4.21. The largest absolute Gasteiger partial charge is 0.382 e. The molecule has 168 valence electrons. The third-order valence-electron chi connectivity index (χ3n) is 5.73. The van der Waals surface area contributed by atoms with Gasteiger partial charge in [-0.1, -0.05) is 6.07 Å². The lowest BCUT2D eigenvalue weighted by Gasteiger charge is -2.32. The molecule has 0 aromatic heterocycles. The second-order valence-electron chi connectivity index (χ2n) is 7.47. The van der Waals surface area contributed by atoms with E-state index in [-0.39, 0.29) is 10.6 Å². The number of methoxy groups -OCH3 is 2. The molecule has 0 spiro atoms. The zero-order chi connectivity index (χ0) is 22.3. The van der Waals surface area contributed by atoms with Crippen LogP contribution in [-0.4, -0.2) is 58.8 Å². The topological polar surface area (TPSA) is 80.1 Å². The normalized spacial score (nSPS) is 13.8. The highest BCUT2D eigenvalue weighted by molar-refractivity contribution is 14.1. The molecule has 7 nitrogen and oxygen atoms in total. The van der Waals surface area contributed by atoms with Crippen molar-refractivity contribution >= 4 is 28.3 Å². The van der Waals surface area contributed by atoms with Crippen molar-refractivity contribution in [1.82, 2.24) is 0 Å². The summed E-state index contributed by atoms with van der Waals surface area (Å²) in [5.41, 5.74) is 4.01. The lowest BCUT2D eigenvalue weighted by molar-refractivity contribution is -0.384. The quantitative estimate of drug-likeness (QED) is 0.160. The van der Waals surface area contributed by atoms with Gasteiger partial charge >= 0.3 is 0 Å². The van der Waals surface area contributed by atoms with Crippen molar-refractivity contribution in [2.24, 2.45) is 0 Å². The summed E-state index contributed by atoms with van der Waals surface area (Å²) in [5.74, 6) is 0. The third kappa shape index (κ3) is 5.43. The molecule has 0 saturated heterocycles. The minimum atomic E-state index is -0.419. The Morgan fingerprint density at radius 1 is 0.839 bits per heavy atom. The fraction of sp³-hybridized carbons (Fsp3) is 0.478. The summed E-state index contributed by atoms with van der Waals surface area (Å²) in [6, 6.07) is 11.6. The summed E-state index contributed by atoms with van der Waals surface area (Å²) in [4.78, 5) is 11.2. The maximum Gasteiger partial charge on any atom is 0.269 e. The van der Waals surface area contributed by atoms with Crippen LogP contribution in [0.1, 0.15) is 24.0 Å². The number of nitro benzene ring substituents is 1. The Morgan fingerprint density at radius 3 is 1.94 bits per heavy atom. The summed E-state index contributed by atoms with van der Waals surface area (Å²) in [6.07, 6.45) is 1.40. The molecule has 0 unspecified atom stereocenters. The first-order valence-electron chi connectivity index (χ1n) is 10.3. The zero-order valence-electron chi connectivity index (χ0n) is 17.9. The van der Waals surface area contributed by atoms with Crippen LogP contribution in [0.4, 0.5) is 5.69 Å². The molecule has 0 bridgehead atoms. The van der Waals surface area contributed by atoms with Crippen molar-refractivity contribution in [2.75, 3.05) is 53.9 Å². The van der Waals surface area contributed by atoms with E-state index < -0.39 is 5.41 Å². The van der Waals surface area contributed by atoms with E-state index in [2.05, 4.69) is 40.8 Å². The van der Waals surface area contributed by atoms with Crippen molar-refractivity contribution in [3.05, 3.63) is 61.2 Å². The van der Waals surface area contributed by atoms with Gasteiger partial charge in [-0.25, -0.2) is 0 Å². The van der Waals surface area contributed by atoms with Gasteiger partial charge in [0.15, 0.2) is 0 Å². The molecule has 0 aliphatic heterocycles. The van der Waals surface area contributed by atoms with E-state index in [0.717, 1.165) is 20.3 Å².